The minimum Gasteiger partial charge on any atom is -0.455 e. The molecule has 0 N–H and O–H groups in total. The van der Waals surface area contributed by atoms with Gasteiger partial charge in [0, 0.05) is 16.2 Å². The second-order valence-electron chi connectivity index (χ2n) is 14.3. The van der Waals surface area contributed by atoms with Gasteiger partial charge in [0.25, 0.3) is 0 Å². The maximum Gasteiger partial charge on any atom is 0.143 e. The van der Waals surface area contributed by atoms with Crippen molar-refractivity contribution in [3.05, 3.63) is 182 Å². The Hall–Kier alpha value is -6.96. The molecular formula is C52H30O. The third kappa shape index (κ3) is 3.97. The second-order valence-corrected chi connectivity index (χ2v) is 14.3. The lowest BCUT2D eigenvalue weighted by molar-refractivity contribution is 0.673. The Labute approximate surface area is 304 Å². The van der Waals surface area contributed by atoms with E-state index in [1.165, 1.54) is 92.3 Å². The lowest BCUT2D eigenvalue weighted by Crippen LogP contribution is -1.90. The molecule has 1 nitrogen and oxygen atoms in total. The van der Waals surface area contributed by atoms with Gasteiger partial charge in [-0.2, -0.15) is 0 Å². The average molecular weight is 671 g/mol. The highest BCUT2D eigenvalue weighted by Gasteiger charge is 2.19. The first-order chi connectivity index (χ1) is 26.3. The van der Waals surface area contributed by atoms with Gasteiger partial charge in [-0.1, -0.05) is 164 Å². The maximum atomic E-state index is 6.59. The van der Waals surface area contributed by atoms with E-state index in [0.29, 0.717) is 0 Å². The molecule has 53 heavy (non-hydrogen) atoms. The molecule has 0 fully saturated rings. The molecule has 0 amide bonds. The third-order valence-corrected chi connectivity index (χ3v) is 11.6. The SMILES string of the molecule is c1ccc2c(c1)ccc1c2oc2cccc(-c3cccc4c(-c5ccc6c(c5)c5ccccc5c5c7ccccc7c7ccccc7c65)cccc34)c21. The number of benzene rings is 11. The predicted octanol–water partition coefficient (Wildman–Crippen LogP) is 15.0. The van der Waals surface area contributed by atoms with E-state index in [1.54, 1.807) is 0 Å². The molecule has 0 saturated carbocycles. The molecule has 0 radical (unpaired) electrons. The molecule has 1 aromatic heterocycles. The van der Waals surface area contributed by atoms with Crippen molar-refractivity contribution in [3.63, 3.8) is 0 Å². The Bertz CT molecular complexity index is 3510. The van der Waals surface area contributed by atoms with Gasteiger partial charge in [0.2, 0.25) is 0 Å². The van der Waals surface area contributed by atoms with Crippen molar-refractivity contribution >= 4 is 97.3 Å². The van der Waals surface area contributed by atoms with Crippen molar-refractivity contribution in [2.75, 3.05) is 0 Å². The van der Waals surface area contributed by atoms with Crippen LogP contribution in [-0.4, -0.2) is 0 Å². The van der Waals surface area contributed by atoms with Crippen molar-refractivity contribution in [1.29, 1.82) is 0 Å². The Balaban J connectivity index is 1.13. The zero-order valence-electron chi connectivity index (χ0n) is 28.7. The molecule has 12 aromatic rings. The summed E-state index contributed by atoms with van der Waals surface area (Å²) >= 11 is 0. The summed E-state index contributed by atoms with van der Waals surface area (Å²) in [6.07, 6.45) is 0. The highest BCUT2D eigenvalue weighted by Crippen LogP contribution is 2.46. The Kier molecular flexibility index (Phi) is 5.84. The monoisotopic (exact) mass is 670 g/mol. The molecule has 1 heteroatoms. The van der Waals surface area contributed by atoms with Gasteiger partial charge in [-0.05, 0) is 110 Å². The molecule has 1 heterocycles. The predicted molar refractivity (Wildman–Crippen MR) is 227 cm³/mol. The van der Waals surface area contributed by atoms with Crippen LogP contribution in [0.1, 0.15) is 0 Å². The molecular weight excluding hydrogens is 641 g/mol. The van der Waals surface area contributed by atoms with E-state index in [2.05, 4.69) is 182 Å². The van der Waals surface area contributed by atoms with Crippen molar-refractivity contribution in [2.24, 2.45) is 0 Å². The summed E-state index contributed by atoms with van der Waals surface area (Å²) in [4.78, 5) is 0. The normalized spacial score (nSPS) is 12.2. The Morgan fingerprint density at radius 2 is 0.755 bits per heavy atom. The van der Waals surface area contributed by atoms with Gasteiger partial charge in [0.1, 0.15) is 11.2 Å². The molecule has 0 spiro atoms. The molecule has 0 aliphatic rings. The topological polar surface area (TPSA) is 13.1 Å². The first-order valence-corrected chi connectivity index (χ1v) is 18.3. The van der Waals surface area contributed by atoms with Gasteiger partial charge in [-0.15, -0.1) is 0 Å². The Morgan fingerprint density at radius 3 is 1.45 bits per heavy atom. The van der Waals surface area contributed by atoms with Crippen LogP contribution in [0.2, 0.25) is 0 Å². The van der Waals surface area contributed by atoms with E-state index < -0.39 is 0 Å². The van der Waals surface area contributed by atoms with Gasteiger partial charge >= 0.3 is 0 Å². The smallest absolute Gasteiger partial charge is 0.143 e. The number of furan rings is 1. The van der Waals surface area contributed by atoms with Gasteiger partial charge in [0.05, 0.1) is 0 Å². The summed E-state index contributed by atoms with van der Waals surface area (Å²) in [5, 5.41) is 20.1. The van der Waals surface area contributed by atoms with E-state index in [9.17, 15) is 0 Å². The molecule has 0 aliphatic carbocycles. The molecule has 0 atom stereocenters. The van der Waals surface area contributed by atoms with E-state index in [1.807, 2.05) is 0 Å². The standard InChI is InChI=1S/C52H30O/c1-2-13-34-31(12-1)26-29-46-49-41(24-11-25-48(49)53-52(34)46)39-23-10-21-35-33(20-9-22-36(35)39)32-27-28-45-47(30-32)40-16-5-8-19-44(40)50-42-17-6-3-14-37(42)38-15-4-7-18-43(38)51(45)50/h1-30H. The number of hydrogen-bond donors (Lipinski definition) is 0. The molecule has 12 rings (SSSR count). The number of hydrogen-bond acceptors (Lipinski definition) is 1. The molecule has 244 valence electrons. The average Bonchev–Trinajstić information content (AvgIpc) is 3.63. The lowest BCUT2D eigenvalue weighted by atomic mass is 9.86. The maximum absolute atomic E-state index is 6.59. The summed E-state index contributed by atoms with van der Waals surface area (Å²) in [5.74, 6) is 0. The first-order valence-electron chi connectivity index (χ1n) is 18.3. The molecule has 0 saturated heterocycles. The van der Waals surface area contributed by atoms with Crippen LogP contribution < -0.4 is 0 Å². The van der Waals surface area contributed by atoms with Crippen molar-refractivity contribution in [1.82, 2.24) is 0 Å². The fourth-order valence-electron chi connectivity index (χ4n) is 9.36. The lowest BCUT2D eigenvalue weighted by Gasteiger charge is -2.17. The molecule has 0 aliphatic heterocycles. The van der Waals surface area contributed by atoms with Gasteiger partial charge in [-0.25, -0.2) is 0 Å². The number of fused-ring (bicyclic) bond motifs is 17. The van der Waals surface area contributed by atoms with Crippen LogP contribution in [0.4, 0.5) is 0 Å². The zero-order valence-corrected chi connectivity index (χ0v) is 28.7. The van der Waals surface area contributed by atoms with E-state index in [-0.39, 0.29) is 0 Å². The quantitative estimate of drug-likeness (QED) is 0.167. The van der Waals surface area contributed by atoms with Gasteiger partial charge in [0.15, 0.2) is 0 Å². The minimum absolute atomic E-state index is 0.913. The van der Waals surface area contributed by atoms with Crippen molar-refractivity contribution in [3.8, 4) is 22.3 Å². The van der Waals surface area contributed by atoms with E-state index in [0.717, 1.165) is 27.3 Å². The second kappa shape index (κ2) is 10.8. The van der Waals surface area contributed by atoms with Crippen LogP contribution in [0.15, 0.2) is 186 Å². The Morgan fingerprint density at radius 1 is 0.264 bits per heavy atom. The van der Waals surface area contributed by atoms with Crippen LogP contribution in [0.25, 0.3) is 120 Å². The van der Waals surface area contributed by atoms with E-state index >= 15 is 0 Å². The van der Waals surface area contributed by atoms with Crippen LogP contribution >= 0.6 is 0 Å². The summed E-state index contributed by atoms with van der Waals surface area (Å²) in [6, 6.07) is 66.8. The zero-order chi connectivity index (χ0) is 34.6. The summed E-state index contributed by atoms with van der Waals surface area (Å²) < 4.78 is 6.59. The highest BCUT2D eigenvalue weighted by molar-refractivity contribution is 6.39. The van der Waals surface area contributed by atoms with Crippen molar-refractivity contribution in [2.45, 2.75) is 0 Å². The fraction of sp³-hybridized carbons (Fsp3) is 0. The van der Waals surface area contributed by atoms with Crippen LogP contribution in [0.3, 0.4) is 0 Å². The van der Waals surface area contributed by atoms with Crippen molar-refractivity contribution < 1.29 is 4.42 Å². The van der Waals surface area contributed by atoms with Crippen LogP contribution in [0.5, 0.6) is 0 Å². The third-order valence-electron chi connectivity index (χ3n) is 11.6. The van der Waals surface area contributed by atoms with Gasteiger partial charge in [-0.3, -0.25) is 0 Å². The molecule has 11 aromatic carbocycles. The van der Waals surface area contributed by atoms with Crippen LogP contribution in [0, 0.1) is 0 Å². The molecule has 0 bridgehead atoms. The van der Waals surface area contributed by atoms with E-state index in [4.69, 9.17) is 4.42 Å². The van der Waals surface area contributed by atoms with Crippen LogP contribution in [-0.2, 0) is 0 Å². The number of rotatable bonds is 2. The molecule has 0 unspecified atom stereocenters. The summed E-state index contributed by atoms with van der Waals surface area (Å²) in [7, 11) is 0. The first kappa shape index (κ1) is 28.7. The summed E-state index contributed by atoms with van der Waals surface area (Å²) in [6.45, 7) is 0. The van der Waals surface area contributed by atoms with Gasteiger partial charge < -0.3 is 4.42 Å². The largest absolute Gasteiger partial charge is 0.455 e. The summed E-state index contributed by atoms with van der Waals surface area (Å²) in [5.41, 5.74) is 6.71. The highest BCUT2D eigenvalue weighted by atomic mass is 16.3. The minimum atomic E-state index is 0.913. The fourth-order valence-corrected chi connectivity index (χ4v) is 9.36.